The van der Waals surface area contributed by atoms with E-state index < -0.39 is 0 Å². The zero-order chi connectivity index (χ0) is 49.4. The van der Waals surface area contributed by atoms with Crippen LogP contribution >= 0.6 is 11.3 Å². The van der Waals surface area contributed by atoms with Gasteiger partial charge in [-0.2, -0.15) is 19.9 Å². The van der Waals surface area contributed by atoms with Gasteiger partial charge in [-0.25, -0.2) is 9.97 Å². The van der Waals surface area contributed by atoms with Gasteiger partial charge in [0.1, 0.15) is 0 Å². The molecule has 0 amide bonds. The van der Waals surface area contributed by atoms with Crippen LogP contribution in [0.25, 0.3) is 143 Å². The summed E-state index contributed by atoms with van der Waals surface area (Å²) in [6, 6.07) is 84.9. The molecular weight excluding hydrogens is 937 g/mol. The van der Waals surface area contributed by atoms with Crippen LogP contribution in [-0.4, -0.2) is 39.0 Å². The average Bonchev–Trinajstić information content (AvgIpc) is 4.15. The number of benzene rings is 10. The maximum atomic E-state index is 5.25. The van der Waals surface area contributed by atoms with Gasteiger partial charge in [0.2, 0.25) is 11.9 Å². The molecule has 0 unspecified atom stereocenters. The van der Waals surface area contributed by atoms with Crippen LogP contribution in [0.5, 0.6) is 0 Å². The fraction of sp³-hybridized carbons (Fsp3) is 0. The summed E-state index contributed by atoms with van der Waals surface area (Å²) >= 11 is 1.84. The quantitative estimate of drug-likeness (QED) is 0.151. The first-order valence-corrected chi connectivity index (χ1v) is 25.7. The molecule has 0 atom stereocenters. The van der Waals surface area contributed by atoms with Gasteiger partial charge < -0.3 is 0 Å². The lowest BCUT2D eigenvalue weighted by molar-refractivity contribution is 0.953. The Balaban J connectivity index is 0.932. The Labute approximate surface area is 434 Å². The molecule has 0 saturated heterocycles. The molecule has 350 valence electrons. The molecule has 0 N–H and O–H groups in total. The standard InChI is InChI=1S/C66H40N8S/c1-5-17-41(18-6-1)61-67-62(42-19-7-2-8-20-42)70-65(69-61)73-55-27-15-13-25-49(55)51-37-45(29-33-56(51)73)46-30-34-57-52(38-46)53-39-47(48-32-36-60-54(40-48)50-26-14-16-28-59(50)75-60)31-35-58(53)74(57)66-71-63(43-21-9-3-10-22-43)68-64(72-66)44-23-11-4-12-24-44/h1-40H. The number of hydrogen-bond acceptors (Lipinski definition) is 7. The van der Waals surface area contributed by atoms with Crippen molar-refractivity contribution in [3.8, 4) is 79.7 Å². The normalized spacial score (nSPS) is 11.7. The fourth-order valence-corrected chi connectivity index (χ4v) is 11.8. The van der Waals surface area contributed by atoms with Crippen LogP contribution in [-0.2, 0) is 0 Å². The third-order valence-electron chi connectivity index (χ3n) is 14.3. The minimum atomic E-state index is 0.549. The molecule has 10 aromatic carbocycles. The van der Waals surface area contributed by atoms with Crippen LogP contribution in [0, 0.1) is 0 Å². The summed E-state index contributed by atoms with van der Waals surface area (Å²) in [6.45, 7) is 0. The van der Waals surface area contributed by atoms with E-state index in [1.807, 2.05) is 133 Å². The topological polar surface area (TPSA) is 87.2 Å². The van der Waals surface area contributed by atoms with Crippen LogP contribution in [0.3, 0.4) is 0 Å². The summed E-state index contributed by atoms with van der Waals surface area (Å²) in [5.41, 5.74) is 12.1. The predicted molar refractivity (Wildman–Crippen MR) is 307 cm³/mol. The van der Waals surface area contributed by atoms with E-state index in [-0.39, 0.29) is 0 Å². The monoisotopic (exact) mass is 976 g/mol. The van der Waals surface area contributed by atoms with Crippen LogP contribution in [0.2, 0.25) is 0 Å². The van der Waals surface area contributed by atoms with Gasteiger partial charge in [0.25, 0.3) is 0 Å². The highest BCUT2D eigenvalue weighted by molar-refractivity contribution is 7.25. The van der Waals surface area contributed by atoms with Gasteiger partial charge in [0.15, 0.2) is 23.3 Å². The molecule has 5 heterocycles. The molecule has 8 nitrogen and oxygen atoms in total. The molecule has 9 heteroatoms. The van der Waals surface area contributed by atoms with Gasteiger partial charge in [0, 0.05) is 64.0 Å². The molecule has 5 aromatic heterocycles. The lowest BCUT2D eigenvalue weighted by Crippen LogP contribution is -2.06. The van der Waals surface area contributed by atoms with E-state index >= 15 is 0 Å². The highest BCUT2D eigenvalue weighted by atomic mass is 32.1. The third kappa shape index (κ3) is 7.28. The Morgan fingerprint density at radius 2 is 0.547 bits per heavy atom. The summed E-state index contributed by atoms with van der Waals surface area (Å²) in [5, 5.41) is 6.93. The second kappa shape index (κ2) is 17.4. The highest BCUT2D eigenvalue weighted by Gasteiger charge is 2.22. The van der Waals surface area contributed by atoms with E-state index in [1.165, 1.54) is 20.2 Å². The molecule has 0 fully saturated rings. The number of para-hydroxylation sites is 1. The van der Waals surface area contributed by atoms with Crippen LogP contribution in [0.4, 0.5) is 0 Å². The first kappa shape index (κ1) is 42.7. The molecule has 15 rings (SSSR count). The van der Waals surface area contributed by atoms with Gasteiger partial charge in [-0.3, -0.25) is 9.13 Å². The number of rotatable bonds is 8. The molecule has 0 radical (unpaired) electrons. The zero-order valence-electron chi connectivity index (χ0n) is 40.1. The van der Waals surface area contributed by atoms with Crippen molar-refractivity contribution >= 4 is 75.1 Å². The van der Waals surface area contributed by atoms with Crippen molar-refractivity contribution in [1.82, 2.24) is 39.0 Å². The molecule has 75 heavy (non-hydrogen) atoms. The van der Waals surface area contributed by atoms with Crippen LogP contribution in [0.1, 0.15) is 0 Å². The predicted octanol–water partition coefficient (Wildman–Crippen LogP) is 16.6. The molecule has 0 saturated carbocycles. The fourth-order valence-electron chi connectivity index (χ4n) is 10.7. The van der Waals surface area contributed by atoms with Gasteiger partial charge in [-0.15, -0.1) is 11.3 Å². The molecule has 0 aliphatic rings. The van der Waals surface area contributed by atoms with Crippen molar-refractivity contribution in [2.75, 3.05) is 0 Å². The molecular formula is C66H40N8S. The SMILES string of the molecule is c1ccc(-c2nc(-c3ccccc3)nc(-n3c4ccccc4c4cc(-c5ccc6c(c5)c5cc(-c7ccc8sc9ccccc9c8c7)ccc5n6-c5nc(-c6ccccc6)nc(-c6ccccc6)n5)ccc43)n2)cc1. The van der Waals surface area contributed by atoms with Crippen molar-refractivity contribution in [2.45, 2.75) is 0 Å². The van der Waals surface area contributed by atoms with Crippen molar-refractivity contribution in [1.29, 1.82) is 0 Å². The third-order valence-corrected chi connectivity index (χ3v) is 15.4. The van der Waals surface area contributed by atoms with Gasteiger partial charge in [-0.05, 0) is 82.9 Å². The molecule has 0 aliphatic carbocycles. The number of nitrogens with zero attached hydrogens (tertiary/aromatic N) is 8. The number of fused-ring (bicyclic) bond motifs is 9. The number of thiophene rings is 1. The Bertz CT molecular complexity index is 4590. The van der Waals surface area contributed by atoms with Crippen molar-refractivity contribution in [3.63, 3.8) is 0 Å². The second-order valence-corrected chi connectivity index (χ2v) is 19.8. The summed E-state index contributed by atoms with van der Waals surface area (Å²) in [6.07, 6.45) is 0. The Kier molecular flexibility index (Phi) is 9.89. The largest absolute Gasteiger partial charge is 0.278 e. The second-order valence-electron chi connectivity index (χ2n) is 18.7. The number of aromatic nitrogens is 8. The highest BCUT2D eigenvalue weighted by Crippen LogP contribution is 2.41. The first-order chi connectivity index (χ1) is 37.1. The first-order valence-electron chi connectivity index (χ1n) is 24.9. The summed E-state index contributed by atoms with van der Waals surface area (Å²) < 4.78 is 6.95. The molecule has 0 bridgehead atoms. The van der Waals surface area contributed by atoms with Crippen molar-refractivity contribution in [3.05, 3.63) is 243 Å². The molecule has 0 aliphatic heterocycles. The molecule has 0 spiro atoms. The van der Waals surface area contributed by atoms with E-state index in [0.29, 0.717) is 35.2 Å². The van der Waals surface area contributed by atoms with Crippen LogP contribution < -0.4 is 0 Å². The van der Waals surface area contributed by atoms with E-state index in [1.54, 1.807) is 0 Å². The smallest absolute Gasteiger partial charge is 0.238 e. The Morgan fingerprint density at radius 1 is 0.227 bits per heavy atom. The van der Waals surface area contributed by atoms with E-state index in [0.717, 1.165) is 88.1 Å². The molecule has 15 aromatic rings. The maximum Gasteiger partial charge on any atom is 0.238 e. The van der Waals surface area contributed by atoms with Gasteiger partial charge >= 0.3 is 0 Å². The Hall–Kier alpha value is -9.96. The average molecular weight is 977 g/mol. The van der Waals surface area contributed by atoms with E-state index in [9.17, 15) is 0 Å². The zero-order valence-corrected chi connectivity index (χ0v) is 40.9. The summed E-state index contributed by atoms with van der Waals surface area (Å²) in [4.78, 5) is 30.9. The Morgan fingerprint density at radius 3 is 0.987 bits per heavy atom. The van der Waals surface area contributed by atoms with Gasteiger partial charge in [0.05, 0.1) is 22.1 Å². The van der Waals surface area contributed by atoms with Gasteiger partial charge in [-0.1, -0.05) is 182 Å². The minimum Gasteiger partial charge on any atom is -0.278 e. The minimum absolute atomic E-state index is 0.549. The van der Waals surface area contributed by atoms with Crippen molar-refractivity contribution in [2.24, 2.45) is 0 Å². The van der Waals surface area contributed by atoms with Crippen LogP contribution in [0.15, 0.2) is 243 Å². The summed E-state index contributed by atoms with van der Waals surface area (Å²) in [7, 11) is 0. The van der Waals surface area contributed by atoms with Crippen molar-refractivity contribution < 1.29 is 0 Å². The van der Waals surface area contributed by atoms with E-state index in [4.69, 9.17) is 29.9 Å². The number of hydrogen-bond donors (Lipinski definition) is 0. The summed E-state index contributed by atoms with van der Waals surface area (Å²) in [5.74, 6) is 3.55. The lowest BCUT2D eigenvalue weighted by Gasteiger charge is -2.11. The lowest BCUT2D eigenvalue weighted by atomic mass is 9.98. The van der Waals surface area contributed by atoms with E-state index in [2.05, 4.69) is 130 Å². The maximum absolute atomic E-state index is 5.25.